The molecule has 39 heavy (non-hydrogen) atoms. The van der Waals surface area contributed by atoms with Gasteiger partial charge in [0.25, 0.3) is 0 Å². The first-order valence-electron chi connectivity index (χ1n) is 11.4. The zero-order chi connectivity index (χ0) is 29.8. The molecule has 1 aromatic carbocycles. The Bertz CT molecular complexity index is 1070. The van der Waals surface area contributed by atoms with E-state index in [-0.39, 0.29) is 25.3 Å². The first-order valence-corrected chi connectivity index (χ1v) is 11.4. The third-order valence-electron chi connectivity index (χ3n) is 5.32. The second-order valence-corrected chi connectivity index (χ2v) is 8.43. The van der Waals surface area contributed by atoms with E-state index in [2.05, 4.69) is 10.3 Å². The second kappa shape index (κ2) is 14.5. The van der Waals surface area contributed by atoms with Crippen LogP contribution in [0.25, 0.3) is 0 Å². The smallest absolute Gasteiger partial charge is 0.415 e. The monoisotopic (exact) mass is 560 g/mol. The average molecular weight is 561 g/mol. The van der Waals surface area contributed by atoms with Gasteiger partial charge >= 0.3 is 12.1 Å². The van der Waals surface area contributed by atoms with Gasteiger partial charge in [0.05, 0.1) is 13.0 Å². The lowest BCUT2D eigenvalue weighted by molar-refractivity contribution is -0.193. The summed E-state index contributed by atoms with van der Waals surface area (Å²) in [6.45, 7) is -1.32. The van der Waals surface area contributed by atoms with Crippen LogP contribution in [0.3, 0.4) is 0 Å². The summed E-state index contributed by atoms with van der Waals surface area (Å²) in [4.78, 5) is 63.8. The molecule has 0 aliphatic heterocycles. The number of carbonyl (C=O) groups is 5. The number of nitrogens with two attached hydrogens (primary N) is 4. The summed E-state index contributed by atoms with van der Waals surface area (Å²) >= 11 is 0. The van der Waals surface area contributed by atoms with Crippen LogP contribution in [0.4, 0.5) is 13.2 Å². The van der Waals surface area contributed by atoms with Crippen LogP contribution >= 0.6 is 0 Å². The van der Waals surface area contributed by atoms with Gasteiger partial charge in [-0.1, -0.05) is 30.3 Å². The lowest BCUT2D eigenvalue weighted by atomic mass is 9.92. The maximum Gasteiger partial charge on any atom is 0.415 e. The van der Waals surface area contributed by atoms with Crippen molar-refractivity contribution in [3.8, 4) is 0 Å². The number of hydrogen-bond donors (Lipinski definition) is 8. The molecule has 216 valence electrons. The van der Waals surface area contributed by atoms with Gasteiger partial charge in [-0.3, -0.25) is 29.0 Å². The molecule has 0 heterocycles. The van der Waals surface area contributed by atoms with Crippen molar-refractivity contribution in [3.63, 3.8) is 0 Å². The third-order valence-corrected chi connectivity index (χ3v) is 5.32. The average Bonchev–Trinajstić information content (AvgIpc) is 2.83. The first kappa shape index (κ1) is 32.6. The molecule has 0 saturated heterocycles. The van der Waals surface area contributed by atoms with Crippen LogP contribution in [-0.4, -0.2) is 77.6 Å². The third kappa shape index (κ3) is 10.8. The van der Waals surface area contributed by atoms with Gasteiger partial charge in [-0.05, 0) is 18.4 Å². The van der Waals surface area contributed by atoms with Gasteiger partial charge in [0.15, 0.2) is 11.5 Å². The molecule has 0 spiro atoms. The topological polar surface area (TPSA) is 258 Å². The minimum atomic E-state index is -5.21. The number of primary amides is 1. The minimum Gasteiger partial charge on any atom is -0.481 e. The van der Waals surface area contributed by atoms with Crippen molar-refractivity contribution in [3.05, 3.63) is 35.9 Å². The van der Waals surface area contributed by atoms with Crippen molar-refractivity contribution in [1.29, 1.82) is 0 Å². The minimum absolute atomic E-state index is 0.0368. The standard InChI is InChI=1S/C22H31F3N8O6/c23-22(24,25)21(29,7-4-8-30-20(27)28)19(39)31-11-15(34)32-14(10-16(35)36)18(38)33-13(17(26)37)9-12-5-2-1-3-6-12/h1-3,5-6,13-14H,4,7-11,29H2,(H2,26,37)(H,31,39)(H,32,34)(H,33,38)(H,35,36)(H4,27,28,30)/t13-,14-,21+/m0/s1. The summed E-state index contributed by atoms with van der Waals surface area (Å²) in [5, 5.41) is 15.1. The number of nitrogens with one attached hydrogen (secondary N) is 3. The predicted molar refractivity (Wildman–Crippen MR) is 131 cm³/mol. The maximum atomic E-state index is 13.5. The largest absolute Gasteiger partial charge is 0.481 e. The van der Waals surface area contributed by atoms with E-state index in [1.165, 1.54) is 0 Å². The number of carbonyl (C=O) groups excluding carboxylic acids is 4. The normalized spacial score (nSPS) is 14.2. The highest BCUT2D eigenvalue weighted by Gasteiger charge is 2.57. The summed E-state index contributed by atoms with van der Waals surface area (Å²) in [6.07, 6.45) is -7.43. The Labute approximate surface area is 220 Å². The molecular weight excluding hydrogens is 529 g/mol. The van der Waals surface area contributed by atoms with Crippen LogP contribution in [0.5, 0.6) is 0 Å². The van der Waals surface area contributed by atoms with Crippen molar-refractivity contribution in [2.75, 3.05) is 13.1 Å². The van der Waals surface area contributed by atoms with Crippen LogP contribution < -0.4 is 38.9 Å². The SMILES string of the molecule is NC(=O)[C@H](Cc1ccccc1)NC(=O)[C@H](CC(=O)O)NC(=O)CNC(=O)[C@](N)(CCCN=C(N)N)C(F)(F)F. The molecule has 0 aliphatic rings. The highest BCUT2D eigenvalue weighted by atomic mass is 19.4. The molecule has 0 aliphatic carbocycles. The number of carboxylic acids is 1. The van der Waals surface area contributed by atoms with Crippen molar-refractivity contribution in [2.45, 2.75) is 49.5 Å². The molecule has 0 radical (unpaired) electrons. The molecule has 0 unspecified atom stereocenters. The van der Waals surface area contributed by atoms with E-state index < -0.39 is 72.8 Å². The molecule has 0 saturated carbocycles. The van der Waals surface area contributed by atoms with Crippen molar-refractivity contribution in [2.24, 2.45) is 27.9 Å². The summed E-state index contributed by atoms with van der Waals surface area (Å²) < 4.78 is 40.6. The number of benzene rings is 1. The number of aliphatic imine (C=N–C) groups is 1. The number of aliphatic carboxylic acids is 1. The van der Waals surface area contributed by atoms with Crippen LogP contribution in [0.15, 0.2) is 35.3 Å². The molecule has 14 nitrogen and oxygen atoms in total. The highest BCUT2D eigenvalue weighted by molar-refractivity contribution is 5.95. The molecular formula is C22H31F3N8O6. The molecule has 0 bridgehead atoms. The van der Waals surface area contributed by atoms with Gasteiger partial charge in [-0.15, -0.1) is 0 Å². The predicted octanol–water partition coefficient (Wildman–Crippen LogP) is -2.41. The van der Waals surface area contributed by atoms with Gasteiger partial charge in [0, 0.05) is 13.0 Å². The molecule has 1 aromatic rings. The van der Waals surface area contributed by atoms with Gasteiger partial charge in [0.2, 0.25) is 23.6 Å². The highest BCUT2D eigenvalue weighted by Crippen LogP contribution is 2.32. The number of guanidine groups is 1. The van der Waals surface area contributed by atoms with E-state index in [0.717, 1.165) is 0 Å². The van der Waals surface area contributed by atoms with E-state index in [9.17, 15) is 37.1 Å². The fourth-order valence-electron chi connectivity index (χ4n) is 3.24. The van der Waals surface area contributed by atoms with Crippen LogP contribution in [0, 0.1) is 0 Å². The Morgan fingerprint density at radius 1 is 0.974 bits per heavy atom. The molecule has 4 amide bonds. The number of nitrogens with zero attached hydrogens (tertiary/aromatic N) is 1. The van der Waals surface area contributed by atoms with Crippen LogP contribution in [-0.2, 0) is 30.4 Å². The summed E-state index contributed by atoms with van der Waals surface area (Å²) in [6, 6.07) is 5.35. The van der Waals surface area contributed by atoms with Crippen molar-refractivity contribution in [1.82, 2.24) is 16.0 Å². The Morgan fingerprint density at radius 3 is 2.10 bits per heavy atom. The van der Waals surface area contributed by atoms with Gasteiger partial charge in [-0.2, -0.15) is 13.2 Å². The van der Waals surface area contributed by atoms with Gasteiger partial charge in [0.1, 0.15) is 12.1 Å². The molecule has 1 rings (SSSR count). The Balaban J connectivity index is 2.87. The number of halogens is 3. The van der Waals surface area contributed by atoms with Crippen molar-refractivity contribution >= 4 is 35.6 Å². The fraction of sp³-hybridized carbons (Fsp3) is 0.455. The Hall–Kier alpha value is -4.41. The summed E-state index contributed by atoms with van der Waals surface area (Å²) in [5.41, 5.74) is 18.1. The number of carboxylic acid groups (broad SMARTS) is 1. The van der Waals surface area contributed by atoms with E-state index >= 15 is 0 Å². The second-order valence-electron chi connectivity index (χ2n) is 8.43. The zero-order valence-electron chi connectivity index (χ0n) is 20.7. The van der Waals surface area contributed by atoms with E-state index in [1.807, 2.05) is 5.32 Å². The summed E-state index contributed by atoms with van der Waals surface area (Å²) in [7, 11) is 0. The number of amides is 4. The van der Waals surface area contributed by atoms with E-state index in [0.29, 0.717) is 5.56 Å². The molecule has 0 aromatic heterocycles. The van der Waals surface area contributed by atoms with Crippen LogP contribution in [0.2, 0.25) is 0 Å². The number of rotatable bonds is 15. The molecule has 12 N–H and O–H groups in total. The van der Waals surface area contributed by atoms with Crippen LogP contribution in [0.1, 0.15) is 24.8 Å². The number of alkyl halides is 3. The van der Waals surface area contributed by atoms with E-state index in [4.69, 9.17) is 28.0 Å². The Kier molecular flexibility index (Phi) is 12.1. The maximum absolute atomic E-state index is 13.5. The van der Waals surface area contributed by atoms with E-state index in [1.54, 1.807) is 35.6 Å². The fourth-order valence-corrected chi connectivity index (χ4v) is 3.24. The summed E-state index contributed by atoms with van der Waals surface area (Å²) in [5.74, 6) is -6.87. The first-order chi connectivity index (χ1) is 18.1. The molecule has 17 heteroatoms. The van der Waals surface area contributed by atoms with Gasteiger partial charge in [-0.25, -0.2) is 0 Å². The Morgan fingerprint density at radius 2 is 1.59 bits per heavy atom. The number of hydrogen-bond acceptors (Lipinski definition) is 7. The quantitative estimate of drug-likeness (QED) is 0.0644. The van der Waals surface area contributed by atoms with Gasteiger partial charge < -0.3 is 44.0 Å². The molecule has 0 fully saturated rings. The zero-order valence-corrected chi connectivity index (χ0v) is 20.7. The lowest BCUT2D eigenvalue weighted by Gasteiger charge is -2.30. The van der Waals surface area contributed by atoms with Crippen molar-refractivity contribution < 1.29 is 42.3 Å². The lowest BCUT2D eigenvalue weighted by Crippen LogP contribution is -2.64. The molecule has 3 atom stereocenters.